The van der Waals surface area contributed by atoms with E-state index in [9.17, 15) is 4.79 Å². The number of hydrogen-bond acceptors (Lipinski definition) is 3. The number of nitrogen functional groups attached to an aromatic ring is 1. The van der Waals surface area contributed by atoms with Gasteiger partial charge in [0.1, 0.15) is 6.61 Å². The predicted octanol–water partition coefficient (Wildman–Crippen LogP) is 4.11. The van der Waals surface area contributed by atoms with Gasteiger partial charge in [-0.2, -0.15) is 0 Å². The molecule has 2 rings (SSSR count). The van der Waals surface area contributed by atoms with E-state index in [-0.39, 0.29) is 18.6 Å². The Balaban J connectivity index is 1.85. The van der Waals surface area contributed by atoms with Crippen LogP contribution in [-0.4, -0.2) is 18.6 Å². The molecule has 1 saturated carbocycles. The molecule has 116 valence electrons. The molecule has 4 nitrogen and oxygen atoms in total. The molecule has 0 heterocycles. The van der Waals surface area contributed by atoms with Crippen LogP contribution in [0.4, 0.5) is 11.4 Å². The van der Waals surface area contributed by atoms with Gasteiger partial charge in [0.25, 0.3) is 0 Å². The minimum atomic E-state index is -0.262. The van der Waals surface area contributed by atoms with Gasteiger partial charge in [-0.05, 0) is 43.7 Å². The Morgan fingerprint density at radius 2 is 1.86 bits per heavy atom. The lowest BCUT2D eigenvalue weighted by atomic mass is 9.89. The second-order valence-electron chi connectivity index (χ2n) is 5.60. The van der Waals surface area contributed by atoms with Crippen LogP contribution in [0.3, 0.4) is 0 Å². The zero-order chi connectivity index (χ0) is 15.4. The molecule has 1 aliphatic carbocycles. The number of ether oxygens (including phenoxy) is 1. The molecule has 0 unspecified atom stereocenters. The van der Waals surface area contributed by atoms with Gasteiger partial charge in [0.05, 0.1) is 21.8 Å². The highest BCUT2D eigenvalue weighted by Gasteiger charge is 2.20. The lowest BCUT2D eigenvalue weighted by Gasteiger charge is -2.26. The van der Waals surface area contributed by atoms with Gasteiger partial charge < -0.3 is 15.8 Å². The van der Waals surface area contributed by atoms with Crippen molar-refractivity contribution < 1.29 is 9.53 Å². The molecule has 0 aromatic heterocycles. The van der Waals surface area contributed by atoms with Crippen molar-refractivity contribution in [3.05, 3.63) is 22.2 Å². The van der Waals surface area contributed by atoms with Crippen LogP contribution in [0.15, 0.2) is 12.1 Å². The van der Waals surface area contributed by atoms with Crippen LogP contribution in [0, 0.1) is 5.92 Å². The molecule has 1 aromatic carbocycles. The van der Waals surface area contributed by atoms with Crippen molar-refractivity contribution >= 4 is 40.5 Å². The van der Waals surface area contributed by atoms with Gasteiger partial charge in [-0.15, -0.1) is 0 Å². The van der Waals surface area contributed by atoms with E-state index in [1.54, 1.807) is 12.1 Å². The molecule has 0 bridgehead atoms. The molecule has 1 amide bonds. The van der Waals surface area contributed by atoms with Crippen molar-refractivity contribution in [1.82, 2.24) is 0 Å². The molecule has 1 fully saturated rings. The van der Waals surface area contributed by atoms with Gasteiger partial charge >= 0.3 is 0 Å². The Hall–Kier alpha value is -0.970. The lowest BCUT2D eigenvalue weighted by molar-refractivity contribution is -0.123. The molecule has 3 N–H and O–H groups in total. The van der Waals surface area contributed by atoms with Crippen LogP contribution in [0.5, 0.6) is 0 Å². The molecule has 0 radical (unpaired) electrons. The number of halogens is 2. The number of rotatable bonds is 4. The summed E-state index contributed by atoms with van der Waals surface area (Å²) in [7, 11) is 0. The third kappa shape index (κ3) is 4.77. The quantitative estimate of drug-likeness (QED) is 0.816. The minimum Gasteiger partial charge on any atom is -0.399 e. The molecular weight excluding hydrogens is 311 g/mol. The van der Waals surface area contributed by atoms with Crippen molar-refractivity contribution in [2.45, 2.75) is 38.7 Å². The largest absolute Gasteiger partial charge is 0.399 e. The lowest BCUT2D eigenvalue weighted by Crippen LogP contribution is -2.26. The van der Waals surface area contributed by atoms with Crippen LogP contribution in [0.2, 0.25) is 10.0 Å². The summed E-state index contributed by atoms with van der Waals surface area (Å²) in [5.41, 5.74) is 6.45. The van der Waals surface area contributed by atoms with E-state index in [0.29, 0.717) is 21.4 Å². The summed E-state index contributed by atoms with van der Waals surface area (Å²) in [6, 6.07) is 3.10. The van der Waals surface area contributed by atoms with E-state index in [1.165, 1.54) is 0 Å². The molecule has 6 heteroatoms. The normalized spacial score (nSPS) is 22.0. The van der Waals surface area contributed by atoms with Crippen LogP contribution in [0.1, 0.15) is 32.6 Å². The van der Waals surface area contributed by atoms with Gasteiger partial charge in [0, 0.05) is 5.69 Å². The van der Waals surface area contributed by atoms with Crippen LogP contribution >= 0.6 is 23.2 Å². The average molecular weight is 331 g/mol. The first-order chi connectivity index (χ1) is 9.95. The summed E-state index contributed by atoms with van der Waals surface area (Å²) in [6.45, 7) is 2.25. The highest BCUT2D eigenvalue weighted by Crippen LogP contribution is 2.32. The Morgan fingerprint density at radius 1 is 1.29 bits per heavy atom. The average Bonchev–Trinajstić information content (AvgIpc) is 2.42. The van der Waals surface area contributed by atoms with Crippen molar-refractivity contribution in [1.29, 1.82) is 0 Å². The fourth-order valence-electron chi connectivity index (χ4n) is 2.48. The van der Waals surface area contributed by atoms with E-state index < -0.39 is 0 Å². The maximum absolute atomic E-state index is 11.9. The van der Waals surface area contributed by atoms with E-state index >= 15 is 0 Å². The van der Waals surface area contributed by atoms with Gasteiger partial charge in [0.2, 0.25) is 5.91 Å². The summed E-state index contributed by atoms with van der Waals surface area (Å²) in [5, 5.41) is 3.31. The second-order valence-corrected chi connectivity index (χ2v) is 6.42. The number of nitrogens with two attached hydrogens (primary N) is 1. The molecule has 0 aliphatic heterocycles. The monoisotopic (exact) mass is 330 g/mol. The smallest absolute Gasteiger partial charge is 0.250 e. The summed E-state index contributed by atoms with van der Waals surface area (Å²) in [5.74, 6) is 0.494. The first kappa shape index (κ1) is 16.4. The zero-order valence-corrected chi connectivity index (χ0v) is 13.5. The number of nitrogens with one attached hydrogen (secondary N) is 1. The van der Waals surface area contributed by atoms with Gasteiger partial charge in [-0.3, -0.25) is 4.79 Å². The topological polar surface area (TPSA) is 64.3 Å². The Bertz CT molecular complexity index is 491. The molecular formula is C15H20Cl2N2O2. The van der Waals surface area contributed by atoms with Gasteiger partial charge in [-0.25, -0.2) is 0 Å². The number of anilines is 2. The first-order valence-electron chi connectivity index (χ1n) is 7.11. The maximum atomic E-state index is 11.9. The summed E-state index contributed by atoms with van der Waals surface area (Å²) >= 11 is 12.0. The standard InChI is InChI=1S/C15H20Cl2N2O2/c1-9-2-4-11(5-3-9)21-8-14(20)19-15-12(16)6-10(18)7-13(15)17/h6-7,9,11H,2-5,8,18H2,1H3,(H,19,20). The van der Waals surface area contributed by atoms with Crippen molar-refractivity contribution in [3.63, 3.8) is 0 Å². The fourth-order valence-corrected chi connectivity index (χ4v) is 3.08. The third-order valence-electron chi connectivity index (χ3n) is 3.74. The summed E-state index contributed by atoms with van der Waals surface area (Å²) in [4.78, 5) is 11.9. The molecule has 21 heavy (non-hydrogen) atoms. The first-order valence-corrected chi connectivity index (χ1v) is 7.87. The number of benzene rings is 1. The second kappa shape index (κ2) is 7.34. The number of amides is 1. The Morgan fingerprint density at radius 3 is 2.43 bits per heavy atom. The van der Waals surface area contributed by atoms with E-state index in [1.807, 2.05) is 0 Å². The molecule has 0 atom stereocenters. The van der Waals surface area contributed by atoms with Crippen LogP contribution in [-0.2, 0) is 9.53 Å². The van der Waals surface area contributed by atoms with Crippen molar-refractivity contribution in [2.24, 2.45) is 5.92 Å². The number of carbonyl (C=O) groups excluding carboxylic acids is 1. The summed E-state index contributed by atoms with van der Waals surface area (Å²) in [6.07, 6.45) is 4.50. The minimum absolute atomic E-state index is 0.0100. The van der Waals surface area contributed by atoms with Crippen molar-refractivity contribution in [3.8, 4) is 0 Å². The van der Waals surface area contributed by atoms with Gasteiger partial charge in [-0.1, -0.05) is 30.1 Å². The highest BCUT2D eigenvalue weighted by molar-refractivity contribution is 6.40. The maximum Gasteiger partial charge on any atom is 0.250 e. The highest BCUT2D eigenvalue weighted by atomic mass is 35.5. The Kier molecular flexibility index (Phi) is 5.73. The van der Waals surface area contributed by atoms with Crippen LogP contribution in [0.25, 0.3) is 0 Å². The molecule has 1 aromatic rings. The van der Waals surface area contributed by atoms with Gasteiger partial charge in [0.15, 0.2) is 0 Å². The van der Waals surface area contributed by atoms with E-state index in [2.05, 4.69) is 12.2 Å². The fraction of sp³-hybridized carbons (Fsp3) is 0.533. The van der Waals surface area contributed by atoms with Crippen LogP contribution < -0.4 is 11.1 Å². The van der Waals surface area contributed by atoms with E-state index in [4.69, 9.17) is 33.7 Å². The summed E-state index contributed by atoms with van der Waals surface area (Å²) < 4.78 is 5.65. The zero-order valence-electron chi connectivity index (χ0n) is 12.0. The van der Waals surface area contributed by atoms with E-state index in [0.717, 1.165) is 31.6 Å². The Labute approximate surface area is 134 Å². The third-order valence-corrected chi connectivity index (χ3v) is 4.34. The molecule has 0 spiro atoms. The predicted molar refractivity (Wildman–Crippen MR) is 86.9 cm³/mol. The molecule has 0 saturated heterocycles. The van der Waals surface area contributed by atoms with Crippen molar-refractivity contribution in [2.75, 3.05) is 17.7 Å². The SMILES string of the molecule is CC1CCC(OCC(=O)Nc2c(Cl)cc(N)cc2Cl)CC1. The molecule has 1 aliphatic rings. The number of carbonyl (C=O) groups is 1. The number of hydrogen-bond donors (Lipinski definition) is 2.